The molecule has 0 unspecified atom stereocenters. The Balaban J connectivity index is 2.26. The van der Waals surface area contributed by atoms with Gasteiger partial charge in [-0.3, -0.25) is 0 Å². The highest BCUT2D eigenvalue weighted by Crippen LogP contribution is 2.19. The van der Waals surface area contributed by atoms with Gasteiger partial charge in [0.1, 0.15) is 0 Å². The predicted molar refractivity (Wildman–Crippen MR) is 67.9 cm³/mol. The Morgan fingerprint density at radius 3 is 2.88 bits per heavy atom. The summed E-state index contributed by atoms with van der Waals surface area (Å²) < 4.78 is 4.62. The maximum Gasteiger partial charge on any atom is 0.358 e. The zero-order chi connectivity index (χ0) is 12.3. The number of carbonyl (C=O) groups excluding carboxylic acids is 1. The second-order valence-corrected chi connectivity index (χ2v) is 5.09. The molecule has 0 aliphatic carbocycles. The van der Waals surface area contributed by atoms with E-state index >= 15 is 0 Å². The van der Waals surface area contributed by atoms with Crippen molar-refractivity contribution < 1.29 is 9.53 Å². The highest BCUT2D eigenvalue weighted by Gasteiger charge is 2.19. The molecule has 5 nitrogen and oxygen atoms in total. The molecule has 0 saturated carbocycles. The number of hydrogen-bond acceptors (Lipinski definition) is 6. The van der Waals surface area contributed by atoms with Crippen LogP contribution >= 0.6 is 23.4 Å². The van der Waals surface area contributed by atoms with Crippen molar-refractivity contribution in [2.24, 2.45) is 0 Å². The van der Waals surface area contributed by atoms with Gasteiger partial charge >= 0.3 is 5.97 Å². The van der Waals surface area contributed by atoms with Crippen LogP contribution < -0.4 is 4.90 Å². The van der Waals surface area contributed by atoms with E-state index in [0.29, 0.717) is 5.95 Å². The highest BCUT2D eigenvalue weighted by molar-refractivity contribution is 7.99. The normalized spacial score (nSPS) is 15.8. The fourth-order valence-corrected chi connectivity index (χ4v) is 2.58. The van der Waals surface area contributed by atoms with Crippen molar-refractivity contribution in [2.75, 3.05) is 36.6 Å². The predicted octanol–water partition coefficient (Wildman–Crippen LogP) is 1.47. The van der Waals surface area contributed by atoms with E-state index in [1.807, 2.05) is 16.7 Å². The van der Waals surface area contributed by atoms with Crippen LogP contribution in [-0.4, -0.2) is 47.6 Å². The molecule has 0 spiro atoms. The second kappa shape index (κ2) is 5.55. The molecule has 0 N–H and O–H groups in total. The van der Waals surface area contributed by atoms with Crippen LogP contribution in [0.4, 0.5) is 5.95 Å². The molecule has 0 aromatic carbocycles. The fourth-order valence-electron chi connectivity index (χ4n) is 1.51. The van der Waals surface area contributed by atoms with E-state index in [4.69, 9.17) is 11.6 Å². The highest BCUT2D eigenvalue weighted by atomic mass is 35.5. The number of aromatic nitrogens is 2. The van der Waals surface area contributed by atoms with Crippen LogP contribution in [0.1, 0.15) is 10.5 Å². The quantitative estimate of drug-likeness (QED) is 0.761. The molecule has 1 aromatic rings. The molecule has 2 rings (SSSR count). The molecular formula is C10H12ClN3O2S. The van der Waals surface area contributed by atoms with Gasteiger partial charge in [-0.2, -0.15) is 11.8 Å². The van der Waals surface area contributed by atoms with Crippen LogP contribution in [0.25, 0.3) is 0 Å². The van der Waals surface area contributed by atoms with Crippen molar-refractivity contribution in [3.05, 3.63) is 16.9 Å². The number of esters is 1. The van der Waals surface area contributed by atoms with Crippen LogP contribution in [0.3, 0.4) is 0 Å². The van der Waals surface area contributed by atoms with E-state index < -0.39 is 5.97 Å². The largest absolute Gasteiger partial charge is 0.464 e. The van der Waals surface area contributed by atoms with Gasteiger partial charge in [0.2, 0.25) is 5.95 Å². The number of anilines is 1. The molecule has 2 heterocycles. The van der Waals surface area contributed by atoms with Gasteiger partial charge in [-0.25, -0.2) is 14.8 Å². The number of ether oxygens (including phenoxy) is 1. The lowest BCUT2D eigenvalue weighted by molar-refractivity contribution is 0.0594. The summed E-state index contributed by atoms with van der Waals surface area (Å²) in [7, 11) is 1.30. The van der Waals surface area contributed by atoms with Crippen molar-refractivity contribution in [3.63, 3.8) is 0 Å². The van der Waals surface area contributed by atoms with E-state index in [2.05, 4.69) is 14.7 Å². The first-order chi connectivity index (χ1) is 8.22. The molecule has 0 radical (unpaired) electrons. The number of thioether (sulfide) groups is 1. The first-order valence-electron chi connectivity index (χ1n) is 5.16. The molecule has 92 valence electrons. The Morgan fingerprint density at radius 1 is 1.53 bits per heavy atom. The third-order valence-electron chi connectivity index (χ3n) is 2.40. The van der Waals surface area contributed by atoms with Gasteiger partial charge in [-0.15, -0.1) is 0 Å². The summed E-state index contributed by atoms with van der Waals surface area (Å²) in [4.78, 5) is 21.8. The fraction of sp³-hybridized carbons (Fsp3) is 0.500. The Hall–Kier alpha value is -1.01. The Kier molecular flexibility index (Phi) is 4.06. The van der Waals surface area contributed by atoms with Crippen LogP contribution in [0, 0.1) is 0 Å². The summed E-state index contributed by atoms with van der Waals surface area (Å²) in [6.07, 6.45) is 1.44. The summed E-state index contributed by atoms with van der Waals surface area (Å²) in [6.45, 7) is 1.76. The molecule has 1 aliphatic rings. The van der Waals surface area contributed by atoms with Gasteiger partial charge in [-0.05, 0) is 0 Å². The maximum absolute atomic E-state index is 11.4. The summed E-state index contributed by atoms with van der Waals surface area (Å²) >= 11 is 7.76. The minimum atomic E-state index is -0.537. The lowest BCUT2D eigenvalue weighted by Gasteiger charge is -2.26. The van der Waals surface area contributed by atoms with Crippen molar-refractivity contribution in [1.29, 1.82) is 0 Å². The third kappa shape index (κ3) is 2.81. The summed E-state index contributed by atoms with van der Waals surface area (Å²) in [5.74, 6) is 2.08. The molecular weight excluding hydrogens is 262 g/mol. The lowest BCUT2D eigenvalue weighted by atomic mass is 10.4. The number of carbonyl (C=O) groups is 1. The van der Waals surface area contributed by atoms with Gasteiger partial charge in [0.15, 0.2) is 5.69 Å². The van der Waals surface area contributed by atoms with Crippen LogP contribution in [0.15, 0.2) is 6.20 Å². The molecule has 1 saturated heterocycles. The number of methoxy groups -OCH3 is 1. The van der Waals surface area contributed by atoms with E-state index in [1.165, 1.54) is 13.3 Å². The van der Waals surface area contributed by atoms with E-state index in [0.717, 1.165) is 24.6 Å². The molecule has 0 amide bonds. The van der Waals surface area contributed by atoms with Crippen LogP contribution in [0.5, 0.6) is 0 Å². The molecule has 7 heteroatoms. The summed E-state index contributed by atoms with van der Waals surface area (Å²) in [5, 5.41) is 0.215. The summed E-state index contributed by atoms with van der Waals surface area (Å²) in [5.41, 5.74) is 0.123. The molecule has 1 aromatic heterocycles. The van der Waals surface area contributed by atoms with Crippen molar-refractivity contribution in [2.45, 2.75) is 0 Å². The van der Waals surface area contributed by atoms with Crippen molar-refractivity contribution >= 4 is 35.3 Å². The number of rotatable bonds is 2. The first kappa shape index (κ1) is 12.4. The standard InChI is InChI=1S/C10H12ClN3O2S/c1-16-9(15)8-7(11)6-12-10(13-8)14-2-4-17-5-3-14/h6H,2-5H2,1H3. The number of hydrogen-bond donors (Lipinski definition) is 0. The minimum Gasteiger partial charge on any atom is -0.464 e. The van der Waals surface area contributed by atoms with Gasteiger partial charge in [-0.1, -0.05) is 11.6 Å². The number of nitrogens with zero attached hydrogens (tertiary/aromatic N) is 3. The van der Waals surface area contributed by atoms with Gasteiger partial charge < -0.3 is 9.64 Å². The smallest absolute Gasteiger partial charge is 0.358 e. The Labute approximate surface area is 109 Å². The zero-order valence-corrected chi connectivity index (χ0v) is 10.9. The monoisotopic (exact) mass is 273 g/mol. The van der Waals surface area contributed by atoms with Crippen molar-refractivity contribution in [1.82, 2.24) is 9.97 Å². The average molecular weight is 274 g/mol. The SMILES string of the molecule is COC(=O)c1nc(N2CCSCC2)ncc1Cl. The van der Waals surface area contributed by atoms with E-state index in [1.54, 1.807) is 0 Å². The van der Waals surface area contributed by atoms with E-state index in [9.17, 15) is 4.79 Å². The Morgan fingerprint density at radius 2 is 2.24 bits per heavy atom. The number of halogens is 1. The first-order valence-corrected chi connectivity index (χ1v) is 6.69. The average Bonchev–Trinajstić information content (AvgIpc) is 2.39. The zero-order valence-electron chi connectivity index (χ0n) is 9.35. The van der Waals surface area contributed by atoms with E-state index in [-0.39, 0.29) is 10.7 Å². The lowest BCUT2D eigenvalue weighted by Crippen LogP contribution is -2.34. The van der Waals surface area contributed by atoms with Crippen LogP contribution in [-0.2, 0) is 4.74 Å². The third-order valence-corrected chi connectivity index (χ3v) is 3.62. The second-order valence-electron chi connectivity index (χ2n) is 3.46. The van der Waals surface area contributed by atoms with Crippen LogP contribution in [0.2, 0.25) is 5.02 Å². The van der Waals surface area contributed by atoms with Crippen molar-refractivity contribution in [3.8, 4) is 0 Å². The topological polar surface area (TPSA) is 55.3 Å². The molecule has 17 heavy (non-hydrogen) atoms. The minimum absolute atomic E-state index is 0.123. The molecule has 0 atom stereocenters. The molecule has 1 fully saturated rings. The maximum atomic E-state index is 11.4. The van der Waals surface area contributed by atoms with Gasteiger partial charge in [0, 0.05) is 24.6 Å². The summed E-state index contributed by atoms with van der Waals surface area (Å²) in [6, 6.07) is 0. The van der Waals surface area contributed by atoms with Gasteiger partial charge in [0.25, 0.3) is 0 Å². The Bertz CT molecular complexity index is 424. The van der Waals surface area contributed by atoms with Gasteiger partial charge in [0.05, 0.1) is 18.3 Å². The molecule has 1 aliphatic heterocycles. The molecule has 0 bridgehead atoms.